The smallest absolute Gasteiger partial charge is 0.191 e. The Morgan fingerprint density at radius 2 is 2.08 bits per heavy atom. The van der Waals surface area contributed by atoms with E-state index in [4.69, 9.17) is 4.74 Å². The van der Waals surface area contributed by atoms with Crippen LogP contribution in [0.2, 0.25) is 0 Å². The normalized spacial score (nSPS) is 19.1. The summed E-state index contributed by atoms with van der Waals surface area (Å²) in [5.74, 6) is 2.32. The first-order chi connectivity index (χ1) is 11.5. The van der Waals surface area contributed by atoms with Crippen molar-refractivity contribution in [3.63, 3.8) is 0 Å². The van der Waals surface area contributed by atoms with Gasteiger partial charge in [0, 0.05) is 19.6 Å². The SMILES string of the molecule is CCNC(=NCC1CCS(=O)(=O)C1)NCCc1ccccc1OC.I. The number of benzene rings is 1. The second-order valence-electron chi connectivity index (χ2n) is 5.98. The van der Waals surface area contributed by atoms with Crippen LogP contribution in [0.5, 0.6) is 5.75 Å². The molecule has 0 amide bonds. The molecule has 0 radical (unpaired) electrons. The van der Waals surface area contributed by atoms with Gasteiger partial charge < -0.3 is 15.4 Å². The van der Waals surface area contributed by atoms with Crippen LogP contribution >= 0.6 is 24.0 Å². The number of aliphatic imine (C=N–C) groups is 1. The Hall–Kier alpha value is -1.03. The van der Waals surface area contributed by atoms with E-state index in [0.717, 1.165) is 36.8 Å². The maximum atomic E-state index is 11.5. The van der Waals surface area contributed by atoms with Crippen molar-refractivity contribution >= 4 is 39.8 Å². The highest BCUT2D eigenvalue weighted by Gasteiger charge is 2.27. The van der Waals surface area contributed by atoms with Crippen LogP contribution in [0, 0.1) is 5.92 Å². The third-order valence-corrected chi connectivity index (χ3v) is 5.89. The Morgan fingerprint density at radius 1 is 1.32 bits per heavy atom. The average Bonchev–Trinajstić information content (AvgIpc) is 2.92. The van der Waals surface area contributed by atoms with E-state index >= 15 is 0 Å². The van der Waals surface area contributed by atoms with E-state index in [1.807, 2.05) is 31.2 Å². The molecule has 1 unspecified atom stereocenters. The van der Waals surface area contributed by atoms with Crippen molar-refractivity contribution in [3.8, 4) is 5.75 Å². The lowest BCUT2D eigenvalue weighted by molar-refractivity contribution is 0.409. The van der Waals surface area contributed by atoms with Gasteiger partial charge in [-0.2, -0.15) is 0 Å². The number of methoxy groups -OCH3 is 1. The molecule has 1 aromatic rings. The molecular weight excluding hydrogens is 453 g/mol. The average molecular weight is 481 g/mol. The van der Waals surface area contributed by atoms with Crippen LogP contribution in [0.1, 0.15) is 18.9 Å². The zero-order valence-corrected chi connectivity index (χ0v) is 18.0. The lowest BCUT2D eigenvalue weighted by Gasteiger charge is -2.13. The van der Waals surface area contributed by atoms with Crippen LogP contribution in [0.4, 0.5) is 0 Å². The van der Waals surface area contributed by atoms with Gasteiger partial charge in [-0.05, 0) is 37.3 Å². The molecule has 142 valence electrons. The minimum absolute atomic E-state index is 0. The van der Waals surface area contributed by atoms with Gasteiger partial charge in [0.25, 0.3) is 0 Å². The summed E-state index contributed by atoms with van der Waals surface area (Å²) in [4.78, 5) is 4.53. The summed E-state index contributed by atoms with van der Waals surface area (Å²) < 4.78 is 28.4. The van der Waals surface area contributed by atoms with Crippen molar-refractivity contribution in [2.24, 2.45) is 10.9 Å². The summed E-state index contributed by atoms with van der Waals surface area (Å²) in [6.45, 7) is 4.05. The van der Waals surface area contributed by atoms with Crippen molar-refractivity contribution in [1.82, 2.24) is 10.6 Å². The summed E-state index contributed by atoms with van der Waals surface area (Å²) in [7, 11) is -1.17. The highest BCUT2D eigenvalue weighted by Crippen LogP contribution is 2.18. The van der Waals surface area contributed by atoms with Crippen LogP contribution in [0.3, 0.4) is 0 Å². The fraction of sp³-hybridized carbons (Fsp3) is 0.588. The Kier molecular flexibility index (Phi) is 9.55. The molecule has 0 aromatic heterocycles. The molecular formula is C17H28IN3O3S. The zero-order chi connectivity index (χ0) is 17.4. The summed E-state index contributed by atoms with van der Waals surface area (Å²) in [5, 5.41) is 6.50. The lowest BCUT2D eigenvalue weighted by atomic mass is 10.1. The number of hydrogen-bond acceptors (Lipinski definition) is 4. The van der Waals surface area contributed by atoms with Gasteiger partial charge in [0.1, 0.15) is 5.75 Å². The van der Waals surface area contributed by atoms with E-state index in [1.54, 1.807) is 7.11 Å². The second kappa shape index (κ2) is 10.8. The molecule has 8 heteroatoms. The minimum atomic E-state index is -2.84. The summed E-state index contributed by atoms with van der Waals surface area (Å²) in [6, 6.07) is 7.96. The lowest BCUT2D eigenvalue weighted by Crippen LogP contribution is -2.38. The Bertz CT molecular complexity index is 665. The highest BCUT2D eigenvalue weighted by molar-refractivity contribution is 14.0. The summed E-state index contributed by atoms with van der Waals surface area (Å²) in [5.41, 5.74) is 1.14. The molecule has 1 aliphatic heterocycles. The first kappa shape index (κ1) is 22.0. The molecule has 0 bridgehead atoms. The standard InChI is InChI=1S/C17H27N3O3S.HI/c1-3-18-17(20-12-14-9-11-24(21,22)13-14)19-10-8-15-6-4-5-7-16(15)23-2;/h4-7,14H,3,8-13H2,1-2H3,(H2,18,19,20);1H. The van der Waals surface area contributed by atoms with Gasteiger partial charge in [-0.15, -0.1) is 24.0 Å². The Morgan fingerprint density at radius 3 is 2.72 bits per heavy atom. The number of rotatable bonds is 7. The van der Waals surface area contributed by atoms with Crippen LogP contribution < -0.4 is 15.4 Å². The van der Waals surface area contributed by atoms with Crippen molar-refractivity contribution in [2.75, 3.05) is 38.2 Å². The van der Waals surface area contributed by atoms with Crippen LogP contribution in [0.25, 0.3) is 0 Å². The first-order valence-electron chi connectivity index (χ1n) is 8.38. The van der Waals surface area contributed by atoms with Gasteiger partial charge in [-0.3, -0.25) is 4.99 Å². The number of para-hydroxylation sites is 1. The number of halogens is 1. The number of sulfone groups is 1. The molecule has 0 aliphatic carbocycles. The number of hydrogen-bond donors (Lipinski definition) is 2. The minimum Gasteiger partial charge on any atom is -0.496 e. The molecule has 1 atom stereocenters. The molecule has 25 heavy (non-hydrogen) atoms. The van der Waals surface area contributed by atoms with Gasteiger partial charge in [0.15, 0.2) is 15.8 Å². The summed E-state index contributed by atoms with van der Waals surface area (Å²) >= 11 is 0. The number of guanidine groups is 1. The molecule has 0 saturated carbocycles. The van der Waals surface area contributed by atoms with E-state index in [2.05, 4.69) is 15.6 Å². The van der Waals surface area contributed by atoms with Gasteiger partial charge in [0.2, 0.25) is 0 Å². The molecule has 0 spiro atoms. The first-order valence-corrected chi connectivity index (χ1v) is 10.2. The van der Waals surface area contributed by atoms with Crippen LogP contribution in [-0.2, 0) is 16.3 Å². The van der Waals surface area contributed by atoms with E-state index in [-0.39, 0.29) is 35.6 Å². The predicted molar refractivity (Wildman–Crippen MR) is 113 cm³/mol. The topological polar surface area (TPSA) is 79.8 Å². The maximum absolute atomic E-state index is 11.5. The molecule has 1 fully saturated rings. The Labute approximate surface area is 167 Å². The van der Waals surface area contributed by atoms with Gasteiger partial charge in [-0.1, -0.05) is 18.2 Å². The largest absolute Gasteiger partial charge is 0.496 e. The van der Waals surface area contributed by atoms with Crippen molar-refractivity contribution < 1.29 is 13.2 Å². The molecule has 6 nitrogen and oxygen atoms in total. The van der Waals surface area contributed by atoms with Crippen molar-refractivity contribution in [1.29, 1.82) is 0 Å². The quantitative estimate of drug-likeness (QED) is 0.353. The fourth-order valence-corrected chi connectivity index (χ4v) is 4.65. The Balaban J connectivity index is 0.00000312. The van der Waals surface area contributed by atoms with Crippen LogP contribution in [0.15, 0.2) is 29.3 Å². The third-order valence-electron chi connectivity index (χ3n) is 4.06. The van der Waals surface area contributed by atoms with E-state index in [0.29, 0.717) is 18.7 Å². The number of nitrogens with one attached hydrogen (secondary N) is 2. The number of nitrogens with zero attached hydrogens (tertiary/aromatic N) is 1. The fourth-order valence-electron chi connectivity index (χ4n) is 2.80. The van der Waals surface area contributed by atoms with Crippen molar-refractivity contribution in [2.45, 2.75) is 19.8 Å². The van der Waals surface area contributed by atoms with Crippen LogP contribution in [-0.4, -0.2) is 52.6 Å². The predicted octanol–water partition coefficient (Wildman–Crippen LogP) is 1.85. The molecule has 1 saturated heterocycles. The van der Waals surface area contributed by atoms with E-state index in [1.165, 1.54) is 0 Å². The molecule has 1 aromatic carbocycles. The zero-order valence-electron chi connectivity index (χ0n) is 14.8. The molecule has 1 heterocycles. The van der Waals surface area contributed by atoms with Gasteiger partial charge in [0.05, 0.1) is 18.6 Å². The monoisotopic (exact) mass is 481 g/mol. The van der Waals surface area contributed by atoms with Crippen molar-refractivity contribution in [3.05, 3.63) is 29.8 Å². The van der Waals surface area contributed by atoms with Gasteiger partial charge >= 0.3 is 0 Å². The highest BCUT2D eigenvalue weighted by atomic mass is 127. The van der Waals surface area contributed by atoms with E-state index < -0.39 is 9.84 Å². The third kappa shape index (κ3) is 7.39. The molecule has 1 aliphatic rings. The maximum Gasteiger partial charge on any atom is 0.191 e. The van der Waals surface area contributed by atoms with E-state index in [9.17, 15) is 8.42 Å². The molecule has 2 rings (SSSR count). The summed E-state index contributed by atoms with van der Waals surface area (Å²) in [6.07, 6.45) is 1.54. The second-order valence-corrected chi connectivity index (χ2v) is 8.21. The molecule has 2 N–H and O–H groups in total. The van der Waals surface area contributed by atoms with Gasteiger partial charge in [-0.25, -0.2) is 8.42 Å². The number of ether oxygens (including phenoxy) is 1.